The first kappa shape index (κ1) is 19.2. The molecule has 0 amide bonds. The van der Waals surface area contributed by atoms with Gasteiger partial charge in [-0.2, -0.15) is 17.7 Å². The molecule has 0 aliphatic rings. The van der Waals surface area contributed by atoms with Crippen molar-refractivity contribution in [2.45, 2.75) is 0 Å². The van der Waals surface area contributed by atoms with Gasteiger partial charge in [-0.15, -0.1) is 0 Å². The molecule has 0 bridgehead atoms. The zero-order chi connectivity index (χ0) is 17.3. The third-order valence-electron chi connectivity index (χ3n) is 1.43. The van der Waals surface area contributed by atoms with Gasteiger partial charge in [0.2, 0.25) is 0 Å². The molecule has 0 saturated carbocycles. The van der Waals surface area contributed by atoms with Crippen LogP contribution in [0.1, 0.15) is 0 Å². The molecule has 0 radical (unpaired) electrons. The summed E-state index contributed by atoms with van der Waals surface area (Å²) < 4.78 is 12.3. The summed E-state index contributed by atoms with van der Waals surface area (Å²) in [4.78, 5) is 75.5. The molecule has 0 unspecified atom stereocenters. The molecule has 0 aromatic carbocycles. The van der Waals surface area contributed by atoms with E-state index in [1.54, 1.807) is 0 Å². The third kappa shape index (κ3) is 6.12. The average Bonchev–Trinajstić information content (AvgIpc) is 2.51. The van der Waals surface area contributed by atoms with Crippen molar-refractivity contribution >= 4 is 51.0 Å². The van der Waals surface area contributed by atoms with Gasteiger partial charge in [0.25, 0.3) is 0 Å². The molecule has 0 aliphatic carbocycles. The first-order chi connectivity index (χ1) is 10.3. The van der Waals surface area contributed by atoms with Crippen LogP contribution < -0.4 is 17.7 Å². The van der Waals surface area contributed by atoms with Crippen LogP contribution in [0.15, 0.2) is 0 Å². The molecule has 0 saturated heterocycles. The summed E-state index contributed by atoms with van der Waals surface area (Å²) in [6.45, 7) is 0. The van der Waals surface area contributed by atoms with Gasteiger partial charge in [0, 0.05) is 0 Å². The van der Waals surface area contributed by atoms with E-state index >= 15 is 0 Å². The van der Waals surface area contributed by atoms with Crippen molar-refractivity contribution in [2.75, 3.05) is 0 Å². The number of rotatable bonds is 3. The van der Waals surface area contributed by atoms with Gasteiger partial charge in [-0.1, -0.05) is 0 Å². The quantitative estimate of drug-likeness (QED) is 0.247. The van der Waals surface area contributed by atoms with Crippen molar-refractivity contribution in [3.05, 3.63) is 0 Å². The fourth-order valence-electron chi connectivity index (χ4n) is 0.623. The predicted octanol–water partition coefficient (Wildman–Crippen LogP) is -5.15. The van der Waals surface area contributed by atoms with Crippen molar-refractivity contribution in [1.82, 2.24) is 0 Å². The first-order valence-corrected chi connectivity index (χ1v) is 6.03. The van der Waals surface area contributed by atoms with Crippen LogP contribution in [0.2, 0.25) is 0 Å². The van der Waals surface area contributed by atoms with Crippen molar-refractivity contribution < 1.29 is 54.6 Å². The van der Waals surface area contributed by atoms with Crippen LogP contribution >= 0.6 is 0 Å². The molecule has 0 heterocycles. The monoisotopic (exact) mass is 339 g/mol. The van der Waals surface area contributed by atoms with Gasteiger partial charge in [-0.05, 0) is 0 Å². The summed E-state index contributed by atoms with van der Waals surface area (Å²) in [5, 5.41) is 0. The molecule has 15 nitrogen and oxygen atoms in total. The van der Waals surface area contributed by atoms with E-state index in [4.69, 9.17) is 0 Å². The molecule has 120 valence electrons. The Balaban J connectivity index is 4.98. The average molecular weight is 339 g/mol. The Kier molecular flexibility index (Phi) is 8.06. The predicted molar refractivity (Wildman–Crippen MR) is 54.9 cm³/mol. The zero-order valence-corrected chi connectivity index (χ0v) is 11.4. The Labute approximate surface area is 124 Å². The minimum absolute atomic E-state index is 1.77. The molecule has 22 heavy (non-hydrogen) atoms. The summed E-state index contributed by atoms with van der Waals surface area (Å²) in [6.07, 6.45) is 0. The molecule has 0 atom stereocenters. The smallest absolute Gasteiger partial charge is 0.542 e. The van der Waals surface area contributed by atoms with Gasteiger partial charge in [-0.25, -0.2) is 28.8 Å². The Hall–Kier alpha value is -2.77. The van der Waals surface area contributed by atoms with Crippen LogP contribution in [0.5, 0.6) is 0 Å². The molecule has 0 aliphatic heterocycles. The fourth-order valence-corrected chi connectivity index (χ4v) is 1.58. The number of carbonyl (C=O) groups excluding carboxylic acids is 6. The van der Waals surface area contributed by atoms with E-state index in [1.807, 2.05) is 0 Å². The summed E-state index contributed by atoms with van der Waals surface area (Å²) >= 11 is -4.24. The second-order valence-corrected chi connectivity index (χ2v) is 4.00. The SMILES string of the molecule is NOC(=O)C(=O)[O][Al]([O]C(=O)C(=O)ON)[O]C(=O)C(=O)ON. The topological polar surface area (TPSA) is 236 Å². The summed E-state index contributed by atoms with van der Waals surface area (Å²) in [5.41, 5.74) is 0. The second kappa shape index (κ2) is 9.22. The van der Waals surface area contributed by atoms with E-state index in [1.165, 1.54) is 0 Å². The van der Waals surface area contributed by atoms with E-state index in [-0.39, 0.29) is 0 Å². The lowest BCUT2D eigenvalue weighted by molar-refractivity contribution is -0.172. The van der Waals surface area contributed by atoms with Crippen LogP contribution in [-0.2, 0) is 54.6 Å². The minimum Gasteiger partial charge on any atom is -0.542 e. The van der Waals surface area contributed by atoms with Crippen LogP contribution in [0.25, 0.3) is 0 Å². The highest BCUT2D eigenvalue weighted by molar-refractivity contribution is 6.53. The molecular weight excluding hydrogens is 333 g/mol. The van der Waals surface area contributed by atoms with Crippen LogP contribution in [0.4, 0.5) is 0 Å². The van der Waals surface area contributed by atoms with E-state index in [2.05, 4.69) is 43.6 Å². The van der Waals surface area contributed by atoms with Gasteiger partial charge < -0.3 is 25.9 Å². The molecule has 0 fully saturated rings. The van der Waals surface area contributed by atoms with Crippen molar-refractivity contribution in [3.63, 3.8) is 0 Å². The standard InChI is InChI=1S/3C2H3NO4.Al/c3*3-7-2(6)1(4)5;/h3*3H2,(H,4,5);/q;;;+3/p-3. The largest absolute Gasteiger partial charge is 1.20 e. The highest BCUT2D eigenvalue weighted by Crippen LogP contribution is 1.98. The van der Waals surface area contributed by atoms with Gasteiger partial charge in [0.1, 0.15) is 0 Å². The maximum absolute atomic E-state index is 11.0. The zero-order valence-electron chi connectivity index (χ0n) is 10.2. The number of hydrogen-bond donors (Lipinski definition) is 3. The van der Waals surface area contributed by atoms with E-state index in [0.717, 1.165) is 0 Å². The lowest BCUT2D eigenvalue weighted by atomic mass is 10.7. The molecule has 0 rings (SSSR count). The van der Waals surface area contributed by atoms with E-state index in [9.17, 15) is 28.8 Å². The van der Waals surface area contributed by atoms with Gasteiger partial charge in [-0.3, -0.25) is 0 Å². The van der Waals surface area contributed by atoms with E-state index in [0.29, 0.717) is 0 Å². The number of nitrogens with two attached hydrogens (primary N) is 3. The van der Waals surface area contributed by atoms with Gasteiger partial charge in [0.15, 0.2) is 0 Å². The van der Waals surface area contributed by atoms with Crippen LogP contribution in [0.3, 0.4) is 0 Å². The lowest BCUT2D eigenvalue weighted by Crippen LogP contribution is -2.41. The Morgan fingerprint density at radius 1 is 0.500 bits per heavy atom. The maximum atomic E-state index is 11.0. The molecule has 0 spiro atoms. The number of carbonyl (C=O) groups is 6. The summed E-state index contributed by atoms with van der Waals surface area (Å²) in [5.74, 6) is 2.19. The molecule has 16 heteroatoms. The maximum Gasteiger partial charge on any atom is 1.20 e. The minimum atomic E-state index is -4.24. The van der Waals surface area contributed by atoms with E-state index < -0.39 is 51.0 Å². The van der Waals surface area contributed by atoms with Crippen LogP contribution in [0, 0.1) is 0 Å². The lowest BCUT2D eigenvalue weighted by Gasteiger charge is -2.10. The molecular formula is C6H6AlN3O12. The Bertz CT molecular complexity index is 434. The highest BCUT2D eigenvalue weighted by atomic mass is 27.3. The molecule has 6 N–H and O–H groups in total. The third-order valence-corrected chi connectivity index (χ3v) is 2.65. The second-order valence-electron chi connectivity index (χ2n) is 2.72. The van der Waals surface area contributed by atoms with Gasteiger partial charge in [0.05, 0.1) is 0 Å². The normalized spacial score (nSPS) is 8.86. The van der Waals surface area contributed by atoms with Crippen molar-refractivity contribution in [2.24, 2.45) is 17.7 Å². The molecule has 0 aromatic rings. The Morgan fingerprint density at radius 2 is 0.727 bits per heavy atom. The van der Waals surface area contributed by atoms with Crippen molar-refractivity contribution in [1.29, 1.82) is 0 Å². The summed E-state index contributed by atoms with van der Waals surface area (Å²) in [6, 6.07) is 0. The van der Waals surface area contributed by atoms with Crippen molar-refractivity contribution in [3.8, 4) is 0 Å². The van der Waals surface area contributed by atoms with Gasteiger partial charge >= 0.3 is 51.0 Å². The highest BCUT2D eigenvalue weighted by Gasteiger charge is 2.53. The fraction of sp³-hybridized carbons (Fsp3) is 0. The molecule has 0 aromatic heterocycles. The first-order valence-electron chi connectivity index (χ1n) is 4.61. The van der Waals surface area contributed by atoms with Crippen LogP contribution in [-0.4, -0.2) is 51.0 Å². The number of hydrogen-bond acceptors (Lipinski definition) is 15. The Morgan fingerprint density at radius 3 is 0.909 bits per heavy atom. The summed E-state index contributed by atoms with van der Waals surface area (Å²) in [7, 11) is 0.